The molecule has 0 bridgehead atoms. The molecular weight excluding hydrogens is 500 g/mol. The molecule has 2 aromatic carbocycles. The fourth-order valence-corrected chi connectivity index (χ4v) is 5.69. The lowest BCUT2D eigenvalue weighted by Gasteiger charge is -2.37. The van der Waals surface area contributed by atoms with Gasteiger partial charge in [0.25, 0.3) is 0 Å². The molecule has 4 rings (SSSR count). The van der Waals surface area contributed by atoms with E-state index in [2.05, 4.69) is 91.0 Å². The van der Waals surface area contributed by atoms with Crippen molar-refractivity contribution in [1.82, 2.24) is 10.6 Å². The first-order chi connectivity index (χ1) is 14.7. The molecule has 2 N–H and O–H groups in total. The van der Waals surface area contributed by atoms with E-state index >= 15 is 0 Å². The van der Waals surface area contributed by atoms with Gasteiger partial charge in [-0.15, -0.1) is 0 Å². The maximum absolute atomic E-state index is 4.10. The summed E-state index contributed by atoms with van der Waals surface area (Å²) in [5.41, 5.74) is 2.75. The fourth-order valence-electron chi connectivity index (χ4n) is 5.16. The molecule has 2 atom stereocenters. The van der Waals surface area contributed by atoms with Gasteiger partial charge in [0.1, 0.15) is 0 Å². The Morgan fingerprint density at radius 3 is 1.20 bits per heavy atom. The van der Waals surface area contributed by atoms with Crippen LogP contribution >= 0.6 is 31.9 Å². The molecule has 162 valence electrons. The van der Waals surface area contributed by atoms with Crippen molar-refractivity contribution in [2.75, 3.05) is 0 Å². The van der Waals surface area contributed by atoms with Gasteiger partial charge in [-0.1, -0.05) is 94.7 Å². The Morgan fingerprint density at radius 1 is 0.533 bits per heavy atom. The molecule has 30 heavy (non-hydrogen) atoms. The SMILES string of the molecule is Brc1ccc([C@@H](NC2CCCCC2)[C@@H](NC2CCCCC2)c2ccc(Br)cc2)cc1. The first-order valence-corrected chi connectivity index (χ1v) is 13.3. The Hall–Kier alpha value is -0.680. The molecule has 0 heterocycles. The van der Waals surface area contributed by atoms with Crippen molar-refractivity contribution < 1.29 is 0 Å². The predicted molar refractivity (Wildman–Crippen MR) is 134 cm³/mol. The monoisotopic (exact) mass is 532 g/mol. The quantitative estimate of drug-likeness (QED) is 0.378. The van der Waals surface area contributed by atoms with Gasteiger partial charge in [-0.05, 0) is 61.1 Å². The lowest BCUT2D eigenvalue weighted by atomic mass is 9.87. The van der Waals surface area contributed by atoms with E-state index in [1.807, 2.05) is 0 Å². The normalized spacial score (nSPS) is 20.7. The second-order valence-electron chi connectivity index (χ2n) is 9.06. The van der Waals surface area contributed by atoms with E-state index in [-0.39, 0.29) is 12.1 Å². The fraction of sp³-hybridized carbons (Fsp3) is 0.538. The number of rotatable bonds is 7. The smallest absolute Gasteiger partial charge is 0.0520 e. The van der Waals surface area contributed by atoms with Crippen molar-refractivity contribution >= 4 is 31.9 Å². The standard InChI is InChI=1S/C26H34Br2N2/c27-21-15-11-19(12-16-21)25(29-23-7-3-1-4-8-23)26(20-13-17-22(28)18-14-20)30-24-9-5-2-6-10-24/h11-18,23-26,29-30H,1-10H2/t25-,26+. The summed E-state index contributed by atoms with van der Waals surface area (Å²) >= 11 is 7.24. The van der Waals surface area contributed by atoms with Crippen LogP contribution in [-0.4, -0.2) is 12.1 Å². The Balaban J connectivity index is 1.66. The van der Waals surface area contributed by atoms with Crippen LogP contribution in [0.5, 0.6) is 0 Å². The average Bonchev–Trinajstić information content (AvgIpc) is 2.79. The van der Waals surface area contributed by atoms with E-state index in [1.165, 1.54) is 75.3 Å². The van der Waals surface area contributed by atoms with Gasteiger partial charge in [0, 0.05) is 21.0 Å². The van der Waals surface area contributed by atoms with Crippen LogP contribution in [-0.2, 0) is 0 Å². The molecule has 2 saturated carbocycles. The molecular formula is C26H34Br2N2. The molecule has 0 amide bonds. The van der Waals surface area contributed by atoms with E-state index in [4.69, 9.17) is 0 Å². The summed E-state index contributed by atoms with van der Waals surface area (Å²) in [4.78, 5) is 0. The van der Waals surface area contributed by atoms with Gasteiger partial charge in [0.15, 0.2) is 0 Å². The van der Waals surface area contributed by atoms with Crippen LogP contribution in [0, 0.1) is 0 Å². The summed E-state index contributed by atoms with van der Waals surface area (Å²) in [7, 11) is 0. The van der Waals surface area contributed by atoms with Crippen LogP contribution in [0.25, 0.3) is 0 Å². The highest BCUT2D eigenvalue weighted by Crippen LogP contribution is 2.34. The van der Waals surface area contributed by atoms with Crippen LogP contribution in [0.15, 0.2) is 57.5 Å². The summed E-state index contributed by atoms with van der Waals surface area (Å²) in [5.74, 6) is 0. The molecule has 2 aliphatic carbocycles. The highest BCUT2D eigenvalue weighted by molar-refractivity contribution is 9.10. The van der Waals surface area contributed by atoms with Crippen molar-refractivity contribution in [3.8, 4) is 0 Å². The first kappa shape index (κ1) is 22.5. The third-order valence-electron chi connectivity index (χ3n) is 6.83. The van der Waals surface area contributed by atoms with E-state index in [1.54, 1.807) is 0 Å². The zero-order valence-electron chi connectivity index (χ0n) is 17.8. The molecule has 2 aliphatic rings. The van der Waals surface area contributed by atoms with Gasteiger partial charge in [0.2, 0.25) is 0 Å². The molecule has 4 heteroatoms. The summed E-state index contributed by atoms with van der Waals surface area (Å²) in [6.45, 7) is 0. The molecule has 0 aliphatic heterocycles. The summed E-state index contributed by atoms with van der Waals surface area (Å²) in [6, 6.07) is 19.7. The minimum atomic E-state index is 0.268. The van der Waals surface area contributed by atoms with E-state index in [0.29, 0.717) is 12.1 Å². The summed E-state index contributed by atoms with van der Waals surface area (Å²) in [6.07, 6.45) is 13.4. The largest absolute Gasteiger partial charge is 0.306 e. The van der Waals surface area contributed by atoms with Gasteiger partial charge in [0.05, 0.1) is 12.1 Å². The third kappa shape index (κ3) is 6.18. The Kier molecular flexibility index (Phi) is 8.45. The Morgan fingerprint density at radius 2 is 0.867 bits per heavy atom. The minimum Gasteiger partial charge on any atom is -0.306 e. The number of nitrogens with one attached hydrogen (secondary N) is 2. The van der Waals surface area contributed by atoms with Crippen molar-refractivity contribution in [2.24, 2.45) is 0 Å². The van der Waals surface area contributed by atoms with E-state index < -0.39 is 0 Å². The summed E-state index contributed by atoms with van der Waals surface area (Å²) < 4.78 is 2.28. The second-order valence-corrected chi connectivity index (χ2v) is 10.9. The molecule has 0 aromatic heterocycles. The lowest BCUT2D eigenvalue weighted by molar-refractivity contribution is 0.260. The van der Waals surface area contributed by atoms with Crippen molar-refractivity contribution in [3.05, 3.63) is 68.6 Å². The maximum Gasteiger partial charge on any atom is 0.0520 e. The molecule has 2 aromatic rings. The molecule has 2 nitrogen and oxygen atoms in total. The number of hydrogen-bond acceptors (Lipinski definition) is 2. The van der Waals surface area contributed by atoms with Crippen LogP contribution in [0.3, 0.4) is 0 Å². The van der Waals surface area contributed by atoms with Gasteiger partial charge in [-0.2, -0.15) is 0 Å². The van der Waals surface area contributed by atoms with Crippen LogP contribution in [0.4, 0.5) is 0 Å². The minimum absolute atomic E-state index is 0.268. The van der Waals surface area contributed by atoms with Gasteiger partial charge >= 0.3 is 0 Å². The van der Waals surface area contributed by atoms with Crippen LogP contribution < -0.4 is 10.6 Å². The van der Waals surface area contributed by atoms with Crippen molar-refractivity contribution in [2.45, 2.75) is 88.4 Å². The lowest BCUT2D eigenvalue weighted by Crippen LogP contribution is -2.44. The maximum atomic E-state index is 4.10. The highest BCUT2D eigenvalue weighted by Gasteiger charge is 2.30. The second kappa shape index (κ2) is 11.3. The predicted octanol–water partition coefficient (Wildman–Crippen LogP) is 7.84. The average molecular weight is 534 g/mol. The number of halogens is 2. The van der Waals surface area contributed by atoms with Crippen LogP contribution in [0.2, 0.25) is 0 Å². The third-order valence-corrected chi connectivity index (χ3v) is 7.89. The molecule has 0 spiro atoms. The molecule has 0 radical (unpaired) electrons. The molecule has 2 fully saturated rings. The Labute approximate surface area is 198 Å². The van der Waals surface area contributed by atoms with E-state index in [0.717, 1.165) is 8.95 Å². The highest BCUT2D eigenvalue weighted by atomic mass is 79.9. The zero-order chi connectivity index (χ0) is 20.8. The van der Waals surface area contributed by atoms with E-state index in [9.17, 15) is 0 Å². The first-order valence-electron chi connectivity index (χ1n) is 11.7. The topological polar surface area (TPSA) is 24.1 Å². The molecule has 0 saturated heterocycles. The number of hydrogen-bond donors (Lipinski definition) is 2. The number of benzene rings is 2. The van der Waals surface area contributed by atoms with Gasteiger partial charge in [-0.25, -0.2) is 0 Å². The molecule has 0 unspecified atom stereocenters. The van der Waals surface area contributed by atoms with Crippen LogP contribution in [0.1, 0.15) is 87.4 Å². The van der Waals surface area contributed by atoms with Gasteiger partial charge in [-0.3, -0.25) is 0 Å². The zero-order valence-corrected chi connectivity index (χ0v) is 20.9. The van der Waals surface area contributed by atoms with Gasteiger partial charge < -0.3 is 10.6 Å². The summed E-state index contributed by atoms with van der Waals surface area (Å²) in [5, 5.41) is 8.21. The van der Waals surface area contributed by atoms with Crippen molar-refractivity contribution in [3.63, 3.8) is 0 Å². The Bertz CT molecular complexity index is 695. The van der Waals surface area contributed by atoms with Crippen molar-refractivity contribution in [1.29, 1.82) is 0 Å².